The first-order valence-electron chi connectivity index (χ1n) is 9.28. The van der Waals surface area contributed by atoms with E-state index in [9.17, 15) is 13.2 Å². The van der Waals surface area contributed by atoms with Crippen LogP contribution in [0.2, 0.25) is 0 Å². The Balaban J connectivity index is 1.43. The summed E-state index contributed by atoms with van der Waals surface area (Å²) in [6.45, 7) is 3.78. The molecule has 2 heterocycles. The molecule has 1 amide bonds. The van der Waals surface area contributed by atoms with Gasteiger partial charge in [0.2, 0.25) is 16.0 Å². The van der Waals surface area contributed by atoms with Crippen molar-refractivity contribution in [2.45, 2.75) is 18.1 Å². The number of rotatable bonds is 7. The maximum absolute atomic E-state index is 12.6. The molecular weight excluding hydrogens is 402 g/mol. The number of benzene rings is 1. The largest absolute Gasteiger partial charge is 0.322 e. The number of amides is 1. The summed E-state index contributed by atoms with van der Waals surface area (Å²) >= 11 is 0. The van der Waals surface area contributed by atoms with Crippen LogP contribution < -0.4 is 10.0 Å². The molecule has 2 aromatic heterocycles. The van der Waals surface area contributed by atoms with Crippen LogP contribution in [-0.4, -0.2) is 34.5 Å². The van der Waals surface area contributed by atoms with Crippen molar-refractivity contribution in [3.05, 3.63) is 73.3 Å². The van der Waals surface area contributed by atoms with Crippen LogP contribution in [0, 0.1) is 0 Å². The Kier molecular flexibility index (Phi) is 5.28. The van der Waals surface area contributed by atoms with Gasteiger partial charge in [-0.2, -0.15) is 0 Å². The average molecular weight is 421 g/mol. The number of anilines is 2. The lowest BCUT2D eigenvalue weighted by Gasteiger charge is -2.10. The van der Waals surface area contributed by atoms with Crippen molar-refractivity contribution in [1.82, 2.24) is 15.0 Å². The van der Waals surface area contributed by atoms with E-state index < -0.39 is 21.2 Å². The van der Waals surface area contributed by atoms with Crippen LogP contribution in [-0.2, 0) is 14.8 Å². The highest BCUT2D eigenvalue weighted by atomic mass is 32.2. The summed E-state index contributed by atoms with van der Waals surface area (Å²) < 4.78 is 26.5. The maximum Gasteiger partial charge on any atom is 0.257 e. The van der Waals surface area contributed by atoms with Gasteiger partial charge in [0.1, 0.15) is 0 Å². The predicted molar refractivity (Wildman–Crippen MR) is 115 cm³/mol. The summed E-state index contributed by atoms with van der Waals surface area (Å²) in [6, 6.07) is 12.6. The van der Waals surface area contributed by atoms with E-state index in [2.05, 4.69) is 31.6 Å². The monoisotopic (exact) mass is 421 g/mol. The molecule has 0 aliphatic heterocycles. The van der Waals surface area contributed by atoms with E-state index in [1.807, 2.05) is 24.3 Å². The van der Waals surface area contributed by atoms with Crippen molar-refractivity contribution in [1.29, 1.82) is 0 Å². The number of nitrogens with one attached hydrogen (secondary N) is 2. The highest BCUT2D eigenvalue weighted by molar-refractivity contribution is 7.93. The van der Waals surface area contributed by atoms with E-state index in [0.717, 1.165) is 11.1 Å². The smallest absolute Gasteiger partial charge is 0.257 e. The zero-order valence-corrected chi connectivity index (χ0v) is 16.8. The molecule has 0 bridgehead atoms. The molecule has 152 valence electrons. The van der Waals surface area contributed by atoms with Gasteiger partial charge in [-0.1, -0.05) is 24.8 Å². The molecule has 2 N–H and O–H groups in total. The molecule has 0 radical (unpaired) electrons. The standard InChI is InChI=1S/C21H19N5O3S/c1-14(19-10-12-23-21(25-19)26-30(28,29)18-8-9-18)20(27)24-17-6-4-15(5-7-17)16-3-2-11-22-13-16/h2-7,10-13,18H,1,8-9H2,(H,24,27)(H,23,25,26). The van der Waals surface area contributed by atoms with E-state index in [0.29, 0.717) is 18.5 Å². The number of hydrogen-bond donors (Lipinski definition) is 2. The van der Waals surface area contributed by atoms with Crippen molar-refractivity contribution in [2.75, 3.05) is 10.0 Å². The van der Waals surface area contributed by atoms with E-state index in [1.54, 1.807) is 24.5 Å². The van der Waals surface area contributed by atoms with Crippen LogP contribution in [0.5, 0.6) is 0 Å². The number of hydrogen-bond acceptors (Lipinski definition) is 6. The topological polar surface area (TPSA) is 114 Å². The second kappa shape index (κ2) is 8.03. The Bertz CT molecular complexity index is 1190. The normalized spacial score (nSPS) is 13.5. The van der Waals surface area contributed by atoms with Gasteiger partial charge in [0, 0.05) is 24.3 Å². The van der Waals surface area contributed by atoms with E-state index in [1.165, 1.54) is 12.3 Å². The molecule has 30 heavy (non-hydrogen) atoms. The minimum Gasteiger partial charge on any atom is -0.322 e. The Morgan fingerprint density at radius 3 is 2.47 bits per heavy atom. The third kappa shape index (κ3) is 4.52. The lowest BCUT2D eigenvalue weighted by molar-refractivity contribution is -0.111. The number of aromatic nitrogens is 3. The summed E-state index contributed by atoms with van der Waals surface area (Å²) in [7, 11) is -3.49. The Morgan fingerprint density at radius 1 is 1.03 bits per heavy atom. The van der Waals surface area contributed by atoms with Gasteiger partial charge in [-0.05, 0) is 48.2 Å². The first-order valence-corrected chi connectivity index (χ1v) is 10.8. The fraction of sp³-hybridized carbons (Fsp3) is 0.143. The fourth-order valence-electron chi connectivity index (χ4n) is 2.77. The molecule has 1 aliphatic rings. The SMILES string of the molecule is C=C(C(=O)Nc1ccc(-c2cccnc2)cc1)c1ccnc(NS(=O)(=O)C2CC2)n1. The van der Waals surface area contributed by atoms with Crippen LogP contribution in [0.1, 0.15) is 18.5 Å². The third-order valence-corrected chi connectivity index (χ3v) is 6.39. The number of nitrogens with zero attached hydrogens (tertiary/aromatic N) is 3. The summed E-state index contributed by atoms with van der Waals surface area (Å²) in [6.07, 6.45) is 6.11. The second-order valence-electron chi connectivity index (χ2n) is 6.86. The van der Waals surface area contributed by atoms with E-state index in [-0.39, 0.29) is 17.2 Å². The Morgan fingerprint density at radius 2 is 1.80 bits per heavy atom. The van der Waals surface area contributed by atoms with E-state index in [4.69, 9.17) is 0 Å². The summed E-state index contributed by atoms with van der Waals surface area (Å²) in [5.74, 6) is -0.520. The van der Waals surface area contributed by atoms with Crippen molar-refractivity contribution < 1.29 is 13.2 Å². The van der Waals surface area contributed by atoms with Crippen molar-refractivity contribution in [3.8, 4) is 11.1 Å². The van der Waals surface area contributed by atoms with Crippen LogP contribution >= 0.6 is 0 Å². The second-order valence-corrected chi connectivity index (χ2v) is 8.82. The molecule has 0 atom stereocenters. The molecule has 4 rings (SSSR count). The first-order chi connectivity index (χ1) is 14.4. The highest BCUT2D eigenvalue weighted by Crippen LogP contribution is 2.29. The molecule has 9 heteroatoms. The first kappa shape index (κ1) is 19.7. The van der Waals surface area contributed by atoms with E-state index >= 15 is 0 Å². The molecule has 0 saturated heterocycles. The fourth-order valence-corrected chi connectivity index (χ4v) is 4.04. The minimum atomic E-state index is -3.49. The lowest BCUT2D eigenvalue weighted by atomic mass is 10.1. The molecule has 1 aliphatic carbocycles. The predicted octanol–water partition coefficient (Wildman–Crippen LogP) is 3.09. The molecule has 0 spiro atoms. The molecule has 1 aromatic carbocycles. The molecule has 1 fully saturated rings. The summed E-state index contributed by atoms with van der Waals surface area (Å²) in [4.78, 5) is 24.7. The van der Waals surface area contributed by atoms with Gasteiger partial charge in [-0.3, -0.25) is 14.5 Å². The molecule has 0 unspecified atom stereocenters. The van der Waals surface area contributed by atoms with Crippen LogP contribution in [0.3, 0.4) is 0 Å². The highest BCUT2D eigenvalue weighted by Gasteiger charge is 2.36. The zero-order chi connectivity index (χ0) is 21.1. The number of pyridine rings is 1. The number of carbonyl (C=O) groups excluding carboxylic acids is 1. The summed E-state index contributed by atoms with van der Waals surface area (Å²) in [5, 5.41) is 2.36. The third-order valence-electron chi connectivity index (χ3n) is 4.57. The van der Waals surface area contributed by atoms with Crippen LogP contribution in [0.25, 0.3) is 16.7 Å². The van der Waals surface area contributed by atoms with Crippen molar-refractivity contribution in [2.24, 2.45) is 0 Å². The molecule has 1 saturated carbocycles. The van der Waals surface area contributed by atoms with Gasteiger partial charge in [-0.15, -0.1) is 0 Å². The van der Waals surface area contributed by atoms with Gasteiger partial charge >= 0.3 is 0 Å². The molecule has 3 aromatic rings. The average Bonchev–Trinajstić information content (AvgIpc) is 3.60. The van der Waals surface area contributed by atoms with Gasteiger partial charge in [0.25, 0.3) is 5.91 Å². The maximum atomic E-state index is 12.6. The van der Waals surface area contributed by atoms with Crippen LogP contribution in [0.4, 0.5) is 11.6 Å². The lowest BCUT2D eigenvalue weighted by Crippen LogP contribution is -2.20. The Labute approximate surface area is 174 Å². The summed E-state index contributed by atoms with van der Waals surface area (Å²) in [5.41, 5.74) is 2.88. The van der Waals surface area contributed by atoms with Crippen molar-refractivity contribution >= 4 is 33.1 Å². The minimum absolute atomic E-state index is 0.0748. The van der Waals surface area contributed by atoms with Crippen molar-refractivity contribution in [3.63, 3.8) is 0 Å². The molecule has 8 nitrogen and oxygen atoms in total. The van der Waals surface area contributed by atoms with Gasteiger partial charge in [-0.25, -0.2) is 18.4 Å². The van der Waals surface area contributed by atoms with Gasteiger partial charge in [0.15, 0.2) is 0 Å². The zero-order valence-electron chi connectivity index (χ0n) is 15.9. The van der Waals surface area contributed by atoms with Gasteiger partial charge < -0.3 is 5.32 Å². The van der Waals surface area contributed by atoms with Crippen LogP contribution in [0.15, 0.2) is 67.6 Å². The Hall–Kier alpha value is -3.59. The molecular formula is C21H19N5O3S. The quantitative estimate of drug-likeness (QED) is 0.567. The van der Waals surface area contributed by atoms with Gasteiger partial charge in [0.05, 0.1) is 16.5 Å². The number of carbonyl (C=O) groups is 1. The number of sulfonamides is 1.